The molecule has 3 unspecified atom stereocenters. The summed E-state index contributed by atoms with van der Waals surface area (Å²) in [4.78, 5) is 24.7. The molecule has 8 heteroatoms. The molecule has 0 spiro atoms. The number of nitrogens with one attached hydrogen (secondary N) is 1. The van der Waals surface area contributed by atoms with Crippen molar-refractivity contribution < 1.29 is 23.1 Å². The molecule has 1 heterocycles. The van der Waals surface area contributed by atoms with Gasteiger partial charge in [-0.25, -0.2) is 13.1 Å². The summed E-state index contributed by atoms with van der Waals surface area (Å²) in [6.07, 6.45) is 2.47. The Morgan fingerprint density at radius 2 is 1.90 bits per heavy atom. The summed E-state index contributed by atoms with van der Waals surface area (Å²) in [6.45, 7) is 3.93. The highest BCUT2D eigenvalue weighted by molar-refractivity contribution is 7.88. The molecule has 0 radical (unpaired) electrons. The van der Waals surface area contributed by atoms with E-state index in [1.165, 1.54) is 6.92 Å². The van der Waals surface area contributed by atoms with Gasteiger partial charge in [0.1, 0.15) is 0 Å². The van der Waals surface area contributed by atoms with Gasteiger partial charge in [-0.3, -0.25) is 9.59 Å². The summed E-state index contributed by atoms with van der Waals surface area (Å²) in [7, 11) is -3.30. The smallest absolute Gasteiger partial charge is 0.307 e. The first-order chi connectivity index (χ1) is 9.11. The van der Waals surface area contributed by atoms with E-state index in [4.69, 9.17) is 5.11 Å². The largest absolute Gasteiger partial charge is 0.481 e. The van der Waals surface area contributed by atoms with Crippen LogP contribution in [0.5, 0.6) is 0 Å². The number of carboxylic acid groups (broad SMARTS) is 1. The van der Waals surface area contributed by atoms with Crippen molar-refractivity contribution >= 4 is 21.9 Å². The van der Waals surface area contributed by atoms with Crippen molar-refractivity contribution in [3.8, 4) is 0 Å². The molecule has 1 amide bonds. The highest BCUT2D eigenvalue weighted by atomic mass is 32.2. The van der Waals surface area contributed by atoms with Crippen LogP contribution in [0, 0.1) is 11.8 Å². The molecule has 0 aromatic carbocycles. The van der Waals surface area contributed by atoms with Gasteiger partial charge in [0.2, 0.25) is 15.9 Å². The van der Waals surface area contributed by atoms with Gasteiger partial charge in [0.25, 0.3) is 0 Å². The molecule has 1 aliphatic rings. The Kier molecular flexibility index (Phi) is 5.52. The Morgan fingerprint density at radius 3 is 2.40 bits per heavy atom. The molecule has 0 saturated carbocycles. The SMILES string of the molecule is CC(C(=O)O)C(C)C(=O)N1CCCC(NS(C)(=O)=O)C1. The zero-order valence-electron chi connectivity index (χ0n) is 12.0. The minimum atomic E-state index is -3.30. The third-order valence-corrected chi connectivity index (χ3v) is 4.40. The molecule has 1 saturated heterocycles. The van der Waals surface area contributed by atoms with E-state index in [0.29, 0.717) is 25.9 Å². The van der Waals surface area contributed by atoms with Crippen LogP contribution in [0.15, 0.2) is 0 Å². The quantitative estimate of drug-likeness (QED) is 0.737. The van der Waals surface area contributed by atoms with Crippen molar-refractivity contribution in [2.75, 3.05) is 19.3 Å². The average molecular weight is 306 g/mol. The molecule has 0 aromatic heterocycles. The maximum absolute atomic E-state index is 12.2. The van der Waals surface area contributed by atoms with Crippen molar-refractivity contribution in [2.45, 2.75) is 32.7 Å². The van der Waals surface area contributed by atoms with E-state index in [2.05, 4.69) is 4.72 Å². The van der Waals surface area contributed by atoms with Crippen molar-refractivity contribution in [2.24, 2.45) is 11.8 Å². The van der Waals surface area contributed by atoms with Gasteiger partial charge in [-0.2, -0.15) is 0 Å². The summed E-state index contributed by atoms with van der Waals surface area (Å²) in [6, 6.07) is -0.296. The lowest BCUT2D eigenvalue weighted by Gasteiger charge is -2.35. The van der Waals surface area contributed by atoms with Crippen molar-refractivity contribution in [3.05, 3.63) is 0 Å². The molecule has 20 heavy (non-hydrogen) atoms. The standard InChI is InChI=1S/C12H22N2O5S/c1-8(9(2)12(16)17)11(15)14-6-4-5-10(7-14)13-20(3,18)19/h8-10,13H,4-7H2,1-3H3,(H,16,17). The predicted octanol–water partition coefficient (Wildman–Crippen LogP) is -0.117. The molecular weight excluding hydrogens is 284 g/mol. The molecule has 116 valence electrons. The van der Waals surface area contributed by atoms with Gasteiger partial charge < -0.3 is 10.0 Å². The number of nitrogens with zero attached hydrogens (tertiary/aromatic N) is 1. The zero-order chi connectivity index (χ0) is 15.5. The second-order valence-corrected chi connectivity index (χ2v) is 7.21. The first kappa shape index (κ1) is 16.9. The number of hydrogen-bond acceptors (Lipinski definition) is 4. The Hall–Kier alpha value is -1.15. The molecular formula is C12H22N2O5S. The molecule has 0 aromatic rings. The van der Waals surface area contributed by atoms with Crippen molar-refractivity contribution in [1.82, 2.24) is 9.62 Å². The van der Waals surface area contributed by atoms with Crippen LogP contribution in [0.2, 0.25) is 0 Å². The lowest BCUT2D eigenvalue weighted by atomic mass is 9.93. The van der Waals surface area contributed by atoms with Crippen LogP contribution in [-0.4, -0.2) is 55.7 Å². The van der Waals surface area contributed by atoms with E-state index >= 15 is 0 Å². The first-order valence-corrected chi connectivity index (χ1v) is 8.50. The second-order valence-electron chi connectivity index (χ2n) is 5.43. The van der Waals surface area contributed by atoms with Gasteiger partial charge >= 0.3 is 5.97 Å². The van der Waals surface area contributed by atoms with Crippen LogP contribution in [0.1, 0.15) is 26.7 Å². The summed E-state index contributed by atoms with van der Waals surface area (Å²) in [5.41, 5.74) is 0. The Balaban J connectivity index is 2.67. The van der Waals surface area contributed by atoms with E-state index in [1.807, 2.05) is 0 Å². The Morgan fingerprint density at radius 1 is 1.30 bits per heavy atom. The number of carbonyl (C=O) groups is 2. The number of amides is 1. The van der Waals surface area contributed by atoms with E-state index < -0.39 is 27.8 Å². The molecule has 1 aliphatic heterocycles. The number of aliphatic carboxylic acids is 1. The zero-order valence-corrected chi connectivity index (χ0v) is 12.8. The third-order valence-electron chi connectivity index (χ3n) is 3.64. The van der Waals surface area contributed by atoms with Gasteiger partial charge in [-0.05, 0) is 12.8 Å². The minimum absolute atomic E-state index is 0.236. The number of hydrogen-bond donors (Lipinski definition) is 2. The maximum Gasteiger partial charge on any atom is 0.307 e. The molecule has 0 bridgehead atoms. The second kappa shape index (κ2) is 6.53. The molecule has 1 rings (SSSR count). The van der Waals surface area contributed by atoms with Gasteiger partial charge in [0.05, 0.1) is 12.2 Å². The summed E-state index contributed by atoms with van der Waals surface area (Å²) < 4.78 is 24.9. The van der Waals surface area contributed by atoms with Gasteiger partial charge in [-0.1, -0.05) is 13.8 Å². The molecule has 1 fully saturated rings. The van der Waals surface area contributed by atoms with Crippen LogP contribution in [0.25, 0.3) is 0 Å². The summed E-state index contributed by atoms with van der Waals surface area (Å²) in [5.74, 6) is -2.62. The highest BCUT2D eigenvalue weighted by Gasteiger charge is 2.32. The maximum atomic E-state index is 12.2. The number of carboxylic acids is 1. The van der Waals surface area contributed by atoms with Gasteiger partial charge in [0, 0.05) is 25.0 Å². The molecule has 3 atom stereocenters. The van der Waals surface area contributed by atoms with Crippen LogP contribution >= 0.6 is 0 Å². The lowest BCUT2D eigenvalue weighted by Crippen LogP contribution is -2.51. The van der Waals surface area contributed by atoms with Crippen LogP contribution in [0.3, 0.4) is 0 Å². The monoisotopic (exact) mass is 306 g/mol. The van der Waals surface area contributed by atoms with E-state index in [9.17, 15) is 18.0 Å². The van der Waals surface area contributed by atoms with Gasteiger partial charge in [-0.15, -0.1) is 0 Å². The average Bonchev–Trinajstić information content (AvgIpc) is 2.34. The van der Waals surface area contributed by atoms with Crippen molar-refractivity contribution in [1.29, 1.82) is 0 Å². The fourth-order valence-electron chi connectivity index (χ4n) is 2.29. The Bertz CT molecular complexity index is 476. The van der Waals surface area contributed by atoms with Crippen LogP contribution in [0.4, 0.5) is 0 Å². The van der Waals surface area contributed by atoms with Crippen LogP contribution < -0.4 is 4.72 Å². The fraction of sp³-hybridized carbons (Fsp3) is 0.833. The number of sulfonamides is 1. The molecule has 0 aliphatic carbocycles. The lowest BCUT2D eigenvalue weighted by molar-refractivity contribution is -0.149. The number of piperidine rings is 1. The number of rotatable bonds is 5. The number of carbonyl (C=O) groups excluding carboxylic acids is 1. The summed E-state index contributed by atoms with van der Waals surface area (Å²) >= 11 is 0. The highest BCUT2D eigenvalue weighted by Crippen LogP contribution is 2.18. The summed E-state index contributed by atoms with van der Waals surface area (Å²) in [5, 5.41) is 8.94. The number of likely N-dealkylation sites (tertiary alicyclic amines) is 1. The van der Waals surface area contributed by atoms with Crippen LogP contribution in [-0.2, 0) is 19.6 Å². The first-order valence-electron chi connectivity index (χ1n) is 6.60. The Labute approximate surface area is 119 Å². The van der Waals surface area contributed by atoms with E-state index in [1.54, 1.807) is 11.8 Å². The molecule has 7 nitrogen and oxygen atoms in total. The topological polar surface area (TPSA) is 104 Å². The van der Waals surface area contributed by atoms with Crippen molar-refractivity contribution in [3.63, 3.8) is 0 Å². The van der Waals surface area contributed by atoms with Gasteiger partial charge in [0.15, 0.2) is 0 Å². The molecule has 2 N–H and O–H groups in total. The fourth-order valence-corrected chi connectivity index (χ4v) is 3.09. The predicted molar refractivity (Wildman–Crippen MR) is 73.5 cm³/mol. The minimum Gasteiger partial charge on any atom is -0.481 e. The van der Waals surface area contributed by atoms with E-state index in [-0.39, 0.29) is 11.9 Å². The third kappa shape index (κ3) is 4.75. The van der Waals surface area contributed by atoms with E-state index in [0.717, 1.165) is 6.26 Å². The normalized spacial score (nSPS) is 23.1.